The van der Waals surface area contributed by atoms with Gasteiger partial charge in [0.25, 0.3) is 5.91 Å². The van der Waals surface area contributed by atoms with E-state index in [0.717, 1.165) is 0 Å². The van der Waals surface area contributed by atoms with Crippen LogP contribution in [-0.2, 0) is 15.1 Å². The number of hydrogen-bond donors (Lipinski definition) is 0. The Bertz CT molecular complexity index is 620. The summed E-state index contributed by atoms with van der Waals surface area (Å²) in [6.45, 7) is 7.66. The van der Waals surface area contributed by atoms with Crippen LogP contribution in [0.1, 0.15) is 22.3 Å². The summed E-state index contributed by atoms with van der Waals surface area (Å²) in [6, 6.07) is 7.14. The zero-order valence-electron chi connectivity index (χ0n) is 10.4. The lowest BCUT2D eigenvalue weighted by molar-refractivity contribution is -0.145. The Hall–Kier alpha value is -2.36. The first kappa shape index (κ1) is 11.7. The van der Waals surface area contributed by atoms with Crippen molar-refractivity contribution in [1.82, 2.24) is 4.90 Å². The molecule has 1 saturated heterocycles. The van der Waals surface area contributed by atoms with Crippen LogP contribution in [0.5, 0.6) is 0 Å². The summed E-state index contributed by atoms with van der Waals surface area (Å²) in [7, 11) is 0. The Morgan fingerprint density at radius 1 is 1.37 bits per heavy atom. The highest BCUT2D eigenvalue weighted by atomic mass is 16.5. The number of nitrogens with zero attached hydrogens (tertiary/aromatic N) is 1. The molecule has 1 fully saturated rings. The van der Waals surface area contributed by atoms with Crippen molar-refractivity contribution in [3.63, 3.8) is 0 Å². The fraction of sp³-hybridized carbons (Fsp3) is 0.200. The predicted octanol–water partition coefficient (Wildman–Crippen LogP) is 1.98. The van der Waals surface area contributed by atoms with Gasteiger partial charge in [0.15, 0.2) is 5.54 Å². The van der Waals surface area contributed by atoms with Crippen LogP contribution in [0.25, 0.3) is 0 Å². The van der Waals surface area contributed by atoms with Gasteiger partial charge >= 0.3 is 5.97 Å². The van der Waals surface area contributed by atoms with Crippen molar-refractivity contribution in [2.45, 2.75) is 12.0 Å². The van der Waals surface area contributed by atoms with Gasteiger partial charge in [-0.3, -0.25) is 4.79 Å². The molecular weight excluding hydrogens is 242 g/mol. The molecule has 4 nitrogen and oxygen atoms in total. The van der Waals surface area contributed by atoms with Gasteiger partial charge in [-0.2, -0.15) is 0 Å². The number of benzene rings is 1. The highest BCUT2D eigenvalue weighted by molar-refractivity contribution is 6.06. The van der Waals surface area contributed by atoms with Crippen molar-refractivity contribution in [2.24, 2.45) is 0 Å². The van der Waals surface area contributed by atoms with E-state index in [1.54, 1.807) is 24.3 Å². The van der Waals surface area contributed by atoms with E-state index >= 15 is 0 Å². The molecule has 2 aliphatic rings. The van der Waals surface area contributed by atoms with E-state index < -0.39 is 11.5 Å². The fourth-order valence-corrected chi connectivity index (χ4v) is 2.88. The molecule has 0 radical (unpaired) electrons. The average Bonchev–Trinajstić information content (AvgIpc) is 2.81. The standard InChI is InChI=1S/C15H13NO3/c1-3-8-16-13(17)11-6-4-5-7-12(11)15(16)9-10(2)19-14(15)18/h3-7H,1-2,8-9H2. The SMILES string of the molecule is C=CCN1C(=O)c2ccccc2C12CC(=C)OC2=O. The number of carbonyl (C=O) groups is 2. The maximum Gasteiger partial charge on any atom is 0.342 e. The normalized spacial score (nSPS) is 24.8. The number of esters is 1. The van der Waals surface area contributed by atoms with Gasteiger partial charge in [0.1, 0.15) is 5.76 Å². The molecule has 2 heterocycles. The van der Waals surface area contributed by atoms with Gasteiger partial charge in [-0.05, 0) is 6.07 Å². The molecule has 0 aliphatic carbocycles. The summed E-state index contributed by atoms with van der Waals surface area (Å²) in [5, 5.41) is 0. The third-order valence-electron chi connectivity index (χ3n) is 3.65. The Balaban J connectivity index is 2.25. The lowest BCUT2D eigenvalue weighted by atomic mass is 9.87. The number of ether oxygens (including phenoxy) is 1. The van der Waals surface area contributed by atoms with Crippen molar-refractivity contribution in [2.75, 3.05) is 6.54 Å². The Morgan fingerprint density at radius 2 is 2.11 bits per heavy atom. The van der Waals surface area contributed by atoms with Gasteiger partial charge in [-0.25, -0.2) is 4.79 Å². The first-order valence-corrected chi connectivity index (χ1v) is 6.03. The first-order chi connectivity index (χ1) is 9.11. The molecule has 4 heteroatoms. The lowest BCUT2D eigenvalue weighted by Gasteiger charge is -2.30. The number of cyclic esters (lactones) is 1. The summed E-state index contributed by atoms with van der Waals surface area (Å²) in [4.78, 5) is 26.3. The Kier molecular flexibility index (Phi) is 2.35. The van der Waals surface area contributed by atoms with E-state index in [4.69, 9.17) is 4.74 Å². The van der Waals surface area contributed by atoms with Gasteiger partial charge in [-0.1, -0.05) is 30.9 Å². The van der Waals surface area contributed by atoms with E-state index in [9.17, 15) is 9.59 Å². The van der Waals surface area contributed by atoms with Gasteiger partial charge in [0, 0.05) is 24.1 Å². The zero-order valence-corrected chi connectivity index (χ0v) is 10.4. The van der Waals surface area contributed by atoms with Crippen LogP contribution >= 0.6 is 0 Å². The molecule has 1 aromatic carbocycles. The second kappa shape index (κ2) is 3.82. The molecule has 0 bridgehead atoms. The molecule has 1 atom stereocenters. The van der Waals surface area contributed by atoms with Gasteiger partial charge in [-0.15, -0.1) is 6.58 Å². The minimum atomic E-state index is -1.06. The highest BCUT2D eigenvalue weighted by Gasteiger charge is 2.59. The summed E-state index contributed by atoms with van der Waals surface area (Å²) >= 11 is 0. The molecule has 96 valence electrons. The Morgan fingerprint density at radius 3 is 2.74 bits per heavy atom. The quantitative estimate of drug-likeness (QED) is 0.599. The number of carbonyl (C=O) groups excluding carboxylic acids is 2. The minimum absolute atomic E-state index is 0.165. The van der Waals surface area contributed by atoms with Crippen LogP contribution < -0.4 is 0 Å². The number of fused-ring (bicyclic) bond motifs is 2. The molecule has 0 aromatic heterocycles. The summed E-state index contributed by atoms with van der Waals surface area (Å²) in [6.07, 6.45) is 1.92. The van der Waals surface area contributed by atoms with E-state index in [1.807, 2.05) is 6.07 Å². The van der Waals surface area contributed by atoms with E-state index in [2.05, 4.69) is 13.2 Å². The lowest BCUT2D eigenvalue weighted by Crippen LogP contribution is -2.47. The maximum atomic E-state index is 12.4. The number of rotatable bonds is 2. The van der Waals surface area contributed by atoms with Crippen LogP contribution in [0.15, 0.2) is 49.3 Å². The largest absolute Gasteiger partial charge is 0.430 e. The van der Waals surface area contributed by atoms with Crippen LogP contribution in [0.2, 0.25) is 0 Å². The van der Waals surface area contributed by atoms with Crippen LogP contribution in [-0.4, -0.2) is 23.3 Å². The zero-order chi connectivity index (χ0) is 13.6. The number of amides is 1. The van der Waals surface area contributed by atoms with Crippen molar-refractivity contribution in [3.05, 3.63) is 60.4 Å². The molecule has 19 heavy (non-hydrogen) atoms. The molecule has 1 spiro atoms. The van der Waals surface area contributed by atoms with Crippen LogP contribution in [0.4, 0.5) is 0 Å². The monoisotopic (exact) mass is 255 g/mol. The van der Waals surface area contributed by atoms with Gasteiger partial charge in [0.2, 0.25) is 0 Å². The smallest absolute Gasteiger partial charge is 0.342 e. The average molecular weight is 255 g/mol. The summed E-state index contributed by atoms with van der Waals surface area (Å²) < 4.78 is 5.12. The van der Waals surface area contributed by atoms with E-state index in [0.29, 0.717) is 29.9 Å². The van der Waals surface area contributed by atoms with Crippen molar-refractivity contribution in [1.29, 1.82) is 0 Å². The molecule has 3 rings (SSSR count). The van der Waals surface area contributed by atoms with Crippen molar-refractivity contribution in [3.8, 4) is 0 Å². The molecule has 0 N–H and O–H groups in total. The molecule has 1 aromatic rings. The third-order valence-corrected chi connectivity index (χ3v) is 3.65. The first-order valence-electron chi connectivity index (χ1n) is 6.03. The second-order valence-corrected chi connectivity index (χ2v) is 4.72. The van der Waals surface area contributed by atoms with E-state index in [1.165, 1.54) is 4.90 Å². The van der Waals surface area contributed by atoms with Crippen molar-refractivity contribution < 1.29 is 14.3 Å². The summed E-state index contributed by atoms with van der Waals surface area (Å²) in [5.74, 6) is -0.205. The van der Waals surface area contributed by atoms with Gasteiger partial charge < -0.3 is 9.64 Å². The Labute approximate surface area is 111 Å². The molecule has 0 saturated carbocycles. The molecular formula is C15H13NO3. The minimum Gasteiger partial charge on any atom is -0.430 e. The second-order valence-electron chi connectivity index (χ2n) is 4.72. The molecule has 1 amide bonds. The molecule has 2 aliphatic heterocycles. The predicted molar refractivity (Wildman–Crippen MR) is 69.2 cm³/mol. The highest BCUT2D eigenvalue weighted by Crippen LogP contribution is 2.48. The summed E-state index contributed by atoms with van der Waals surface area (Å²) in [5.41, 5.74) is 0.195. The molecule has 1 unspecified atom stereocenters. The fourth-order valence-electron chi connectivity index (χ4n) is 2.88. The maximum absolute atomic E-state index is 12.4. The van der Waals surface area contributed by atoms with Crippen molar-refractivity contribution >= 4 is 11.9 Å². The van der Waals surface area contributed by atoms with E-state index in [-0.39, 0.29) is 5.91 Å². The number of hydrogen-bond acceptors (Lipinski definition) is 3. The van der Waals surface area contributed by atoms with Gasteiger partial charge in [0.05, 0.1) is 0 Å². The third kappa shape index (κ3) is 1.34. The topological polar surface area (TPSA) is 46.6 Å². The van der Waals surface area contributed by atoms with Crippen LogP contribution in [0, 0.1) is 0 Å². The van der Waals surface area contributed by atoms with Crippen LogP contribution in [0.3, 0.4) is 0 Å².